The van der Waals surface area contributed by atoms with Crippen molar-refractivity contribution in [2.75, 3.05) is 5.32 Å². The van der Waals surface area contributed by atoms with E-state index < -0.39 is 16.3 Å². The van der Waals surface area contributed by atoms with E-state index in [9.17, 15) is 19.3 Å². The number of imidazole rings is 1. The van der Waals surface area contributed by atoms with Crippen LogP contribution in [-0.2, 0) is 6.54 Å². The summed E-state index contributed by atoms with van der Waals surface area (Å²) in [6, 6.07) is 7.26. The summed E-state index contributed by atoms with van der Waals surface area (Å²) in [5.74, 6) is -0.446. The van der Waals surface area contributed by atoms with Crippen molar-refractivity contribution in [3.05, 3.63) is 87.2 Å². The molecule has 2 aromatic carbocycles. The summed E-state index contributed by atoms with van der Waals surface area (Å²) >= 11 is 0. The molecule has 0 atom stereocenters. The van der Waals surface area contributed by atoms with Gasteiger partial charge in [-0.25, -0.2) is 14.4 Å². The maximum absolute atomic E-state index is 14.4. The third-order valence-electron chi connectivity index (χ3n) is 4.23. The molecule has 0 spiro atoms. The molecular weight excluding hydrogens is 367 g/mol. The van der Waals surface area contributed by atoms with E-state index in [0.29, 0.717) is 16.8 Å². The minimum atomic E-state index is -0.586. The Balaban J connectivity index is 1.63. The van der Waals surface area contributed by atoms with Crippen molar-refractivity contribution in [3.8, 4) is 5.69 Å². The van der Waals surface area contributed by atoms with Crippen LogP contribution in [0.1, 0.15) is 5.56 Å². The summed E-state index contributed by atoms with van der Waals surface area (Å²) < 4.78 is 15.9. The van der Waals surface area contributed by atoms with Crippen molar-refractivity contribution < 1.29 is 9.31 Å². The number of halogens is 1. The van der Waals surface area contributed by atoms with Gasteiger partial charge in [-0.3, -0.25) is 14.9 Å². The zero-order valence-corrected chi connectivity index (χ0v) is 14.3. The Morgan fingerprint density at radius 2 is 2.14 bits per heavy atom. The van der Waals surface area contributed by atoms with E-state index >= 15 is 0 Å². The Hall–Kier alpha value is -4.08. The molecule has 0 aliphatic carbocycles. The molecule has 2 heterocycles. The van der Waals surface area contributed by atoms with Gasteiger partial charge in [-0.05, 0) is 23.8 Å². The first-order valence-corrected chi connectivity index (χ1v) is 8.19. The maximum atomic E-state index is 14.4. The zero-order valence-electron chi connectivity index (χ0n) is 14.3. The standard InChI is InChI=1S/C18H13FN6O3/c19-13-5-11(1-2-16(13)24-4-3-20-10-24)8-21-15-7-14-12(6-17(15)25(27)28)18(26)23-9-22-14/h1-7,9-10,21H,8H2,(H,22,23,26). The quantitative estimate of drug-likeness (QED) is 0.406. The van der Waals surface area contributed by atoms with E-state index in [4.69, 9.17) is 0 Å². The van der Waals surface area contributed by atoms with Gasteiger partial charge in [0.1, 0.15) is 11.5 Å². The highest BCUT2D eigenvalue weighted by atomic mass is 19.1. The van der Waals surface area contributed by atoms with Gasteiger partial charge in [0.15, 0.2) is 0 Å². The highest BCUT2D eigenvalue weighted by Crippen LogP contribution is 2.28. The first kappa shape index (κ1) is 17.3. The van der Waals surface area contributed by atoms with Gasteiger partial charge in [0.25, 0.3) is 11.2 Å². The number of nitrogens with one attached hydrogen (secondary N) is 2. The van der Waals surface area contributed by atoms with Crippen LogP contribution in [0, 0.1) is 15.9 Å². The van der Waals surface area contributed by atoms with Gasteiger partial charge >= 0.3 is 0 Å². The lowest BCUT2D eigenvalue weighted by atomic mass is 10.1. The Morgan fingerprint density at radius 1 is 1.29 bits per heavy atom. The number of nitrogens with zero attached hydrogens (tertiary/aromatic N) is 4. The highest BCUT2D eigenvalue weighted by Gasteiger charge is 2.17. The monoisotopic (exact) mass is 380 g/mol. The highest BCUT2D eigenvalue weighted by molar-refractivity contribution is 5.86. The topological polar surface area (TPSA) is 119 Å². The summed E-state index contributed by atoms with van der Waals surface area (Å²) in [6.07, 6.45) is 5.89. The van der Waals surface area contributed by atoms with Crippen LogP contribution in [0.15, 0.2) is 60.2 Å². The Labute approximate surface area is 156 Å². The number of aromatic nitrogens is 4. The Morgan fingerprint density at radius 3 is 2.86 bits per heavy atom. The van der Waals surface area contributed by atoms with Crippen molar-refractivity contribution in [1.29, 1.82) is 0 Å². The first-order valence-electron chi connectivity index (χ1n) is 8.19. The summed E-state index contributed by atoms with van der Waals surface area (Å²) in [5.41, 5.74) is 0.725. The number of benzene rings is 2. The van der Waals surface area contributed by atoms with Crippen LogP contribution in [0.4, 0.5) is 15.8 Å². The second kappa shape index (κ2) is 6.91. The van der Waals surface area contributed by atoms with Crippen molar-refractivity contribution in [1.82, 2.24) is 19.5 Å². The number of nitro groups is 1. The molecule has 10 heteroatoms. The van der Waals surface area contributed by atoms with Gasteiger partial charge in [-0.15, -0.1) is 0 Å². The van der Waals surface area contributed by atoms with Crippen LogP contribution in [-0.4, -0.2) is 24.4 Å². The van der Waals surface area contributed by atoms with E-state index in [1.165, 1.54) is 30.9 Å². The minimum absolute atomic E-state index is 0.121. The molecular formula is C18H13FN6O3. The molecule has 0 bridgehead atoms. The lowest BCUT2D eigenvalue weighted by molar-refractivity contribution is -0.383. The summed E-state index contributed by atoms with van der Waals surface area (Å²) in [7, 11) is 0. The van der Waals surface area contributed by atoms with Crippen molar-refractivity contribution in [2.45, 2.75) is 6.54 Å². The van der Waals surface area contributed by atoms with Gasteiger partial charge in [0, 0.05) is 25.0 Å². The minimum Gasteiger partial charge on any atom is -0.375 e. The van der Waals surface area contributed by atoms with Gasteiger partial charge in [-0.1, -0.05) is 6.07 Å². The van der Waals surface area contributed by atoms with Gasteiger partial charge in [0.05, 0.1) is 34.2 Å². The Bertz CT molecular complexity index is 1240. The smallest absolute Gasteiger partial charge is 0.293 e. The largest absolute Gasteiger partial charge is 0.375 e. The predicted molar refractivity (Wildman–Crippen MR) is 99.9 cm³/mol. The van der Waals surface area contributed by atoms with Crippen molar-refractivity contribution in [2.24, 2.45) is 0 Å². The number of fused-ring (bicyclic) bond motifs is 1. The fraction of sp³-hybridized carbons (Fsp3) is 0.0556. The summed E-state index contributed by atoms with van der Waals surface area (Å²) in [5, 5.41) is 14.4. The number of hydrogen-bond acceptors (Lipinski definition) is 6. The third-order valence-corrected chi connectivity index (χ3v) is 4.23. The third kappa shape index (κ3) is 3.18. The van der Waals surface area contributed by atoms with E-state index in [0.717, 1.165) is 0 Å². The maximum Gasteiger partial charge on any atom is 0.293 e. The molecule has 28 heavy (non-hydrogen) atoms. The van der Waals surface area contributed by atoms with E-state index in [1.54, 1.807) is 29.1 Å². The molecule has 0 fully saturated rings. The molecule has 2 N–H and O–H groups in total. The van der Waals surface area contributed by atoms with Gasteiger partial charge in [0.2, 0.25) is 0 Å². The molecule has 0 aliphatic rings. The number of H-pyrrole nitrogens is 1. The molecule has 4 aromatic rings. The molecule has 140 valence electrons. The second-order valence-corrected chi connectivity index (χ2v) is 5.98. The summed E-state index contributed by atoms with van der Waals surface area (Å²) in [6.45, 7) is 0.149. The first-order chi connectivity index (χ1) is 13.5. The van der Waals surface area contributed by atoms with Crippen LogP contribution in [0.2, 0.25) is 0 Å². The van der Waals surface area contributed by atoms with E-state index in [-0.39, 0.29) is 23.3 Å². The number of hydrogen-bond donors (Lipinski definition) is 2. The number of rotatable bonds is 5. The Kier molecular flexibility index (Phi) is 4.28. The molecule has 0 unspecified atom stereocenters. The lowest BCUT2D eigenvalue weighted by Crippen LogP contribution is -2.09. The molecule has 0 aliphatic heterocycles. The summed E-state index contributed by atoms with van der Waals surface area (Å²) in [4.78, 5) is 32.9. The number of anilines is 1. The molecule has 0 saturated heterocycles. The predicted octanol–water partition coefficient (Wildman–Crippen LogP) is 2.77. The molecule has 0 radical (unpaired) electrons. The van der Waals surface area contributed by atoms with Crippen LogP contribution in [0.5, 0.6) is 0 Å². The van der Waals surface area contributed by atoms with Gasteiger partial charge in [-0.2, -0.15) is 0 Å². The van der Waals surface area contributed by atoms with Crippen molar-refractivity contribution in [3.63, 3.8) is 0 Å². The molecule has 9 nitrogen and oxygen atoms in total. The average molecular weight is 380 g/mol. The number of aromatic amines is 1. The fourth-order valence-corrected chi connectivity index (χ4v) is 2.87. The van der Waals surface area contributed by atoms with Crippen LogP contribution in [0.25, 0.3) is 16.6 Å². The SMILES string of the molecule is O=c1[nH]cnc2cc(NCc3ccc(-n4ccnc4)c(F)c3)c([N+](=O)[O-])cc12. The molecule has 0 saturated carbocycles. The number of nitro benzene ring substituents is 1. The molecule has 4 rings (SSSR count). The molecule has 2 aromatic heterocycles. The van der Waals surface area contributed by atoms with Crippen LogP contribution < -0.4 is 10.9 Å². The van der Waals surface area contributed by atoms with E-state index in [2.05, 4.69) is 20.3 Å². The fourth-order valence-electron chi connectivity index (χ4n) is 2.87. The van der Waals surface area contributed by atoms with E-state index in [1.807, 2.05) is 0 Å². The normalized spacial score (nSPS) is 10.9. The van der Waals surface area contributed by atoms with Gasteiger partial charge < -0.3 is 14.9 Å². The van der Waals surface area contributed by atoms with Crippen LogP contribution >= 0.6 is 0 Å². The zero-order chi connectivity index (χ0) is 19.7. The second-order valence-electron chi connectivity index (χ2n) is 5.98. The lowest BCUT2D eigenvalue weighted by Gasteiger charge is -2.10. The van der Waals surface area contributed by atoms with Crippen LogP contribution in [0.3, 0.4) is 0 Å². The van der Waals surface area contributed by atoms with Crippen molar-refractivity contribution >= 4 is 22.3 Å². The molecule has 0 amide bonds. The average Bonchev–Trinajstić information content (AvgIpc) is 3.20.